The Morgan fingerprint density at radius 1 is 1.20 bits per heavy atom. The van der Waals surface area contributed by atoms with Crippen molar-refractivity contribution in [2.75, 3.05) is 19.4 Å². The highest BCUT2D eigenvalue weighted by molar-refractivity contribution is 6.48. The number of rotatable bonds is 5. The van der Waals surface area contributed by atoms with Crippen LogP contribution in [0.15, 0.2) is 53.2 Å². The van der Waals surface area contributed by atoms with Crippen LogP contribution in [0.4, 0.5) is 5.69 Å². The monoisotopic (exact) mass is 424 g/mol. The van der Waals surface area contributed by atoms with Crippen molar-refractivity contribution >= 4 is 35.0 Å². The second kappa shape index (κ2) is 8.27. The van der Waals surface area contributed by atoms with E-state index in [-0.39, 0.29) is 34.1 Å². The lowest BCUT2D eigenvalue weighted by Gasteiger charge is -2.17. The first-order valence-electron chi connectivity index (χ1n) is 8.80. The van der Waals surface area contributed by atoms with E-state index in [1.165, 1.54) is 31.1 Å². The van der Waals surface area contributed by atoms with Crippen molar-refractivity contribution in [2.24, 2.45) is 0 Å². The molecule has 1 aliphatic heterocycles. The minimum atomic E-state index is -0.687. The number of phenolic OH excluding ortho intramolecular Hbond substituents is 1. The lowest BCUT2D eigenvalue weighted by Crippen LogP contribution is -2.31. The zero-order chi connectivity index (χ0) is 22.0. The topological polar surface area (TPSA) is 114 Å². The van der Waals surface area contributed by atoms with Crippen LogP contribution in [-0.4, -0.2) is 46.7 Å². The summed E-state index contributed by atoms with van der Waals surface area (Å²) in [7, 11) is 2.99. The summed E-state index contributed by atoms with van der Waals surface area (Å²) in [4.78, 5) is 39.8. The number of nitrogens with zero attached hydrogens (tertiary/aromatic N) is 3. The van der Waals surface area contributed by atoms with E-state index >= 15 is 0 Å². The number of aromatic hydroxyl groups is 1. The van der Waals surface area contributed by atoms with Gasteiger partial charge < -0.3 is 15.3 Å². The average Bonchev–Trinajstić information content (AvgIpc) is 2.93. The maximum atomic E-state index is 12.8. The Morgan fingerprint density at radius 2 is 1.87 bits per heavy atom. The fourth-order valence-corrected chi connectivity index (χ4v) is 3.13. The van der Waals surface area contributed by atoms with Gasteiger partial charge in [0, 0.05) is 14.1 Å². The van der Waals surface area contributed by atoms with Crippen LogP contribution in [0, 0.1) is 11.3 Å². The van der Waals surface area contributed by atoms with Crippen LogP contribution in [0.2, 0.25) is 0 Å². The van der Waals surface area contributed by atoms with Crippen molar-refractivity contribution in [1.29, 1.82) is 5.26 Å². The molecule has 152 valence electrons. The maximum Gasteiger partial charge on any atom is 0.279 e. The number of halogens is 1. The summed E-state index contributed by atoms with van der Waals surface area (Å²) in [6, 6.07) is 13.3. The number of imide groups is 1. The normalized spacial score (nSPS) is 13.5. The Morgan fingerprint density at radius 3 is 2.47 bits per heavy atom. The van der Waals surface area contributed by atoms with Crippen LogP contribution in [0.1, 0.15) is 21.5 Å². The van der Waals surface area contributed by atoms with Crippen LogP contribution in [-0.2, 0) is 16.1 Å². The smallest absolute Gasteiger partial charge is 0.279 e. The molecule has 1 aliphatic rings. The van der Waals surface area contributed by atoms with Gasteiger partial charge >= 0.3 is 0 Å². The highest BCUT2D eigenvalue weighted by Gasteiger charge is 2.38. The molecular weight excluding hydrogens is 408 g/mol. The number of amides is 3. The summed E-state index contributed by atoms with van der Waals surface area (Å²) in [6.45, 7) is 0.0223. The summed E-state index contributed by atoms with van der Waals surface area (Å²) in [5.41, 5.74) is 0.353. The zero-order valence-corrected chi connectivity index (χ0v) is 16.9. The molecule has 0 spiro atoms. The van der Waals surface area contributed by atoms with Gasteiger partial charge in [-0.05, 0) is 17.7 Å². The molecule has 0 saturated carbocycles. The van der Waals surface area contributed by atoms with Gasteiger partial charge in [0.05, 0.1) is 29.4 Å². The standard InChI is InChI=1S/C21H17ClN4O4/c1-25(2)19(28)14-8-13(10-23)9-15(18(14)27)24-17-16(22)20(29)26(21(17)30)11-12-6-4-3-5-7-12/h3-9,24,27H,11H2,1-2H3. The van der Waals surface area contributed by atoms with Crippen molar-refractivity contribution in [3.05, 3.63) is 69.9 Å². The molecule has 2 aromatic carbocycles. The van der Waals surface area contributed by atoms with E-state index in [0.29, 0.717) is 0 Å². The first kappa shape index (κ1) is 20.9. The fourth-order valence-electron chi connectivity index (χ4n) is 2.90. The number of carbonyl (C=O) groups excluding carboxylic acids is 3. The molecule has 0 radical (unpaired) electrons. The van der Waals surface area contributed by atoms with Crippen molar-refractivity contribution in [2.45, 2.75) is 6.54 Å². The molecule has 9 heteroatoms. The Balaban J connectivity index is 1.95. The fraction of sp³-hybridized carbons (Fsp3) is 0.143. The van der Waals surface area contributed by atoms with Crippen molar-refractivity contribution < 1.29 is 19.5 Å². The average molecular weight is 425 g/mol. The lowest BCUT2D eigenvalue weighted by atomic mass is 10.1. The second-order valence-corrected chi connectivity index (χ2v) is 7.11. The molecule has 1 heterocycles. The first-order valence-corrected chi connectivity index (χ1v) is 9.18. The van der Waals surface area contributed by atoms with E-state index in [9.17, 15) is 24.8 Å². The van der Waals surface area contributed by atoms with E-state index in [2.05, 4.69) is 5.32 Å². The molecule has 0 aliphatic carbocycles. The van der Waals surface area contributed by atoms with Gasteiger partial charge in [-0.2, -0.15) is 5.26 Å². The third-order valence-electron chi connectivity index (χ3n) is 4.43. The van der Waals surface area contributed by atoms with Crippen LogP contribution in [0.25, 0.3) is 0 Å². The van der Waals surface area contributed by atoms with Crippen LogP contribution in [0.3, 0.4) is 0 Å². The van der Waals surface area contributed by atoms with E-state index in [4.69, 9.17) is 11.6 Å². The summed E-state index contributed by atoms with van der Waals surface area (Å²) >= 11 is 6.10. The second-order valence-electron chi connectivity index (χ2n) is 6.73. The number of benzene rings is 2. The van der Waals surface area contributed by atoms with Crippen LogP contribution in [0.5, 0.6) is 5.75 Å². The van der Waals surface area contributed by atoms with Gasteiger partial charge in [-0.1, -0.05) is 41.9 Å². The molecule has 0 saturated heterocycles. The highest BCUT2D eigenvalue weighted by Crippen LogP contribution is 2.34. The minimum Gasteiger partial charge on any atom is -0.505 e. The highest BCUT2D eigenvalue weighted by atomic mass is 35.5. The van der Waals surface area contributed by atoms with Gasteiger partial charge in [0.15, 0.2) is 5.75 Å². The van der Waals surface area contributed by atoms with Crippen molar-refractivity contribution in [3.8, 4) is 11.8 Å². The molecule has 2 N–H and O–H groups in total. The van der Waals surface area contributed by atoms with Gasteiger partial charge in [0.25, 0.3) is 17.7 Å². The SMILES string of the molecule is CN(C)C(=O)c1cc(C#N)cc(NC2=C(Cl)C(=O)N(Cc3ccccc3)C2=O)c1O. The number of hydrogen-bond acceptors (Lipinski definition) is 6. The van der Waals surface area contributed by atoms with Gasteiger partial charge in [0.2, 0.25) is 0 Å². The molecule has 0 bridgehead atoms. The lowest BCUT2D eigenvalue weighted by molar-refractivity contribution is -0.138. The molecule has 2 aromatic rings. The third kappa shape index (κ3) is 3.83. The Bertz CT molecular complexity index is 1120. The summed E-state index contributed by atoms with van der Waals surface area (Å²) in [5, 5.41) is 22.1. The molecule has 0 fully saturated rings. The predicted octanol–water partition coefficient (Wildman–Crippen LogP) is 2.40. The van der Waals surface area contributed by atoms with E-state index < -0.39 is 23.5 Å². The Labute approximate surface area is 177 Å². The number of phenols is 1. The van der Waals surface area contributed by atoms with Crippen LogP contribution >= 0.6 is 11.6 Å². The van der Waals surface area contributed by atoms with Crippen molar-refractivity contribution in [3.63, 3.8) is 0 Å². The van der Waals surface area contributed by atoms with E-state index in [1.807, 2.05) is 12.1 Å². The van der Waals surface area contributed by atoms with Gasteiger partial charge in [-0.15, -0.1) is 0 Å². The molecular formula is C21H17ClN4O4. The minimum absolute atomic E-state index is 0.0223. The Hall–Kier alpha value is -3.83. The van der Waals surface area contributed by atoms with E-state index in [1.54, 1.807) is 24.3 Å². The Kier molecular flexibility index (Phi) is 5.76. The molecule has 0 atom stereocenters. The summed E-state index contributed by atoms with van der Waals surface area (Å²) < 4.78 is 0. The van der Waals surface area contributed by atoms with Gasteiger partial charge in [-0.25, -0.2) is 0 Å². The predicted molar refractivity (Wildman–Crippen MR) is 109 cm³/mol. The molecule has 3 amide bonds. The summed E-state index contributed by atoms with van der Waals surface area (Å²) in [5.74, 6) is -2.37. The molecule has 8 nitrogen and oxygen atoms in total. The number of nitriles is 1. The number of hydrogen-bond donors (Lipinski definition) is 2. The third-order valence-corrected chi connectivity index (χ3v) is 4.78. The first-order chi connectivity index (χ1) is 14.2. The van der Waals surface area contributed by atoms with Crippen LogP contribution < -0.4 is 5.32 Å². The quantitative estimate of drug-likeness (QED) is 0.562. The molecule has 0 unspecified atom stereocenters. The van der Waals surface area contributed by atoms with E-state index in [0.717, 1.165) is 10.5 Å². The number of nitrogens with one attached hydrogen (secondary N) is 1. The molecule has 3 rings (SSSR count). The maximum absolute atomic E-state index is 12.8. The summed E-state index contributed by atoms with van der Waals surface area (Å²) in [6.07, 6.45) is 0. The van der Waals surface area contributed by atoms with Crippen molar-refractivity contribution in [1.82, 2.24) is 9.80 Å². The largest absolute Gasteiger partial charge is 0.505 e. The molecule has 30 heavy (non-hydrogen) atoms. The molecule has 0 aromatic heterocycles. The van der Waals surface area contributed by atoms with Gasteiger partial charge in [0.1, 0.15) is 10.7 Å². The van der Waals surface area contributed by atoms with Gasteiger partial charge in [-0.3, -0.25) is 19.3 Å². The number of anilines is 1. The zero-order valence-electron chi connectivity index (χ0n) is 16.1. The number of carbonyl (C=O) groups is 3.